The van der Waals surface area contributed by atoms with E-state index in [1.54, 1.807) is 0 Å². The molecule has 1 heterocycles. The number of halogens is 1. The van der Waals surface area contributed by atoms with Gasteiger partial charge in [-0.3, -0.25) is 0 Å². The molecule has 0 amide bonds. The molecule has 0 bridgehead atoms. The molecule has 2 unspecified atom stereocenters. The molecular weight excluding hydrogens is 328 g/mol. The SMILES string of the molecule is CCOc1ccc(C(Br)C2CCCCS2(=O)=O)cc1. The van der Waals surface area contributed by atoms with Crippen LogP contribution in [-0.2, 0) is 9.84 Å². The fraction of sp³-hybridized carbons (Fsp3) is 0.571. The summed E-state index contributed by atoms with van der Waals surface area (Å²) in [5, 5.41) is -0.306. The molecule has 0 spiro atoms. The molecule has 5 heteroatoms. The van der Waals surface area contributed by atoms with Gasteiger partial charge < -0.3 is 4.74 Å². The summed E-state index contributed by atoms with van der Waals surface area (Å²) < 4.78 is 29.6. The molecular formula is C14H19BrO3S. The Morgan fingerprint density at radius 3 is 2.58 bits per heavy atom. The summed E-state index contributed by atoms with van der Waals surface area (Å²) in [6.45, 7) is 2.57. The van der Waals surface area contributed by atoms with Gasteiger partial charge in [0, 0.05) is 0 Å². The van der Waals surface area contributed by atoms with Crippen LogP contribution in [0.4, 0.5) is 0 Å². The first kappa shape index (κ1) is 14.9. The molecule has 1 aromatic carbocycles. The van der Waals surface area contributed by atoms with Crippen LogP contribution in [0.2, 0.25) is 0 Å². The normalized spacial score (nSPS) is 23.8. The van der Waals surface area contributed by atoms with Gasteiger partial charge in [-0.2, -0.15) is 0 Å². The summed E-state index contributed by atoms with van der Waals surface area (Å²) in [5.41, 5.74) is 0.999. The molecule has 1 aromatic rings. The van der Waals surface area contributed by atoms with Crippen LogP contribution in [0.25, 0.3) is 0 Å². The van der Waals surface area contributed by atoms with Crippen LogP contribution in [0.15, 0.2) is 24.3 Å². The van der Waals surface area contributed by atoms with Crippen LogP contribution in [-0.4, -0.2) is 26.0 Å². The number of alkyl halides is 1. The lowest BCUT2D eigenvalue weighted by Crippen LogP contribution is -2.31. The third kappa shape index (κ3) is 3.51. The van der Waals surface area contributed by atoms with E-state index in [0.717, 1.165) is 30.6 Å². The molecule has 1 saturated heterocycles. The summed E-state index contributed by atoms with van der Waals surface area (Å²) in [6, 6.07) is 7.66. The zero-order chi connectivity index (χ0) is 13.9. The predicted octanol–water partition coefficient (Wildman–Crippen LogP) is 3.49. The number of benzene rings is 1. The van der Waals surface area contributed by atoms with E-state index >= 15 is 0 Å². The van der Waals surface area contributed by atoms with Gasteiger partial charge >= 0.3 is 0 Å². The molecule has 0 saturated carbocycles. The average Bonchev–Trinajstić information content (AvgIpc) is 2.39. The van der Waals surface area contributed by atoms with Gasteiger partial charge in [-0.05, 0) is 37.5 Å². The molecule has 2 rings (SSSR count). The number of rotatable bonds is 4. The molecule has 0 aliphatic carbocycles. The van der Waals surface area contributed by atoms with Gasteiger partial charge in [0.05, 0.1) is 22.4 Å². The highest BCUT2D eigenvalue weighted by Gasteiger charge is 2.34. The largest absolute Gasteiger partial charge is 0.494 e. The van der Waals surface area contributed by atoms with Crippen molar-refractivity contribution in [2.24, 2.45) is 0 Å². The average molecular weight is 347 g/mol. The molecule has 1 aliphatic rings. The second-order valence-electron chi connectivity index (χ2n) is 4.81. The van der Waals surface area contributed by atoms with Gasteiger partial charge in [0.25, 0.3) is 0 Å². The van der Waals surface area contributed by atoms with E-state index in [1.165, 1.54) is 0 Å². The second-order valence-corrected chi connectivity index (χ2v) is 8.13. The van der Waals surface area contributed by atoms with Crippen LogP contribution >= 0.6 is 15.9 Å². The first-order chi connectivity index (χ1) is 9.04. The fourth-order valence-electron chi connectivity index (χ4n) is 2.44. The van der Waals surface area contributed by atoms with Crippen molar-refractivity contribution >= 4 is 25.8 Å². The standard InChI is InChI=1S/C14H19BrO3S/c1-2-18-12-8-6-11(7-9-12)14(15)13-5-3-4-10-19(13,16)17/h6-9,13-14H,2-5,10H2,1H3. The van der Waals surface area contributed by atoms with Crippen LogP contribution in [0.3, 0.4) is 0 Å². The van der Waals surface area contributed by atoms with Crippen molar-refractivity contribution in [1.82, 2.24) is 0 Å². The Bertz CT molecular complexity index is 510. The molecule has 3 nitrogen and oxygen atoms in total. The highest BCUT2D eigenvalue weighted by molar-refractivity contribution is 9.09. The minimum absolute atomic E-state index is 0.131. The van der Waals surface area contributed by atoms with Gasteiger partial charge in [-0.15, -0.1) is 0 Å². The number of hydrogen-bond donors (Lipinski definition) is 0. The Balaban J connectivity index is 2.16. The maximum Gasteiger partial charge on any atom is 0.154 e. The van der Waals surface area contributed by atoms with E-state index in [1.807, 2.05) is 31.2 Å². The highest BCUT2D eigenvalue weighted by Crippen LogP contribution is 2.37. The Labute approximate surface area is 123 Å². The lowest BCUT2D eigenvalue weighted by Gasteiger charge is -2.26. The summed E-state index contributed by atoms with van der Waals surface area (Å²) in [4.78, 5) is -0.131. The van der Waals surface area contributed by atoms with Gasteiger partial charge in [0.2, 0.25) is 0 Å². The second kappa shape index (κ2) is 6.27. The van der Waals surface area contributed by atoms with Crippen molar-refractivity contribution in [3.05, 3.63) is 29.8 Å². The van der Waals surface area contributed by atoms with Crippen molar-refractivity contribution in [2.75, 3.05) is 12.4 Å². The van der Waals surface area contributed by atoms with Crippen molar-refractivity contribution in [3.8, 4) is 5.75 Å². The first-order valence-corrected chi connectivity index (χ1v) is 9.26. The van der Waals surface area contributed by atoms with E-state index in [0.29, 0.717) is 12.4 Å². The van der Waals surface area contributed by atoms with E-state index in [2.05, 4.69) is 15.9 Å². The van der Waals surface area contributed by atoms with Crippen molar-refractivity contribution in [2.45, 2.75) is 36.3 Å². The first-order valence-electron chi connectivity index (χ1n) is 6.63. The van der Waals surface area contributed by atoms with Crippen LogP contribution in [0, 0.1) is 0 Å². The van der Waals surface area contributed by atoms with Gasteiger partial charge in [-0.25, -0.2) is 8.42 Å². The topological polar surface area (TPSA) is 43.4 Å². The number of hydrogen-bond acceptors (Lipinski definition) is 3. The maximum absolute atomic E-state index is 12.1. The molecule has 0 radical (unpaired) electrons. The number of sulfone groups is 1. The quantitative estimate of drug-likeness (QED) is 0.783. The Morgan fingerprint density at radius 2 is 2.00 bits per heavy atom. The van der Waals surface area contributed by atoms with Crippen molar-refractivity contribution in [3.63, 3.8) is 0 Å². The van der Waals surface area contributed by atoms with Crippen LogP contribution in [0.1, 0.15) is 36.6 Å². The van der Waals surface area contributed by atoms with Gasteiger partial charge in [0.15, 0.2) is 9.84 Å². The minimum Gasteiger partial charge on any atom is -0.494 e. The lowest BCUT2D eigenvalue weighted by molar-refractivity contribution is 0.340. The van der Waals surface area contributed by atoms with Crippen molar-refractivity contribution < 1.29 is 13.2 Å². The summed E-state index contributed by atoms with van der Waals surface area (Å²) in [6.07, 6.45) is 2.52. The zero-order valence-electron chi connectivity index (χ0n) is 11.0. The monoisotopic (exact) mass is 346 g/mol. The Morgan fingerprint density at radius 1 is 1.32 bits per heavy atom. The van der Waals surface area contributed by atoms with E-state index in [9.17, 15) is 8.42 Å². The molecule has 1 aliphatic heterocycles. The van der Waals surface area contributed by atoms with Crippen LogP contribution in [0.5, 0.6) is 5.75 Å². The van der Waals surface area contributed by atoms with Gasteiger partial charge in [0.1, 0.15) is 5.75 Å². The summed E-state index contributed by atoms with van der Waals surface area (Å²) in [7, 11) is -2.97. The highest BCUT2D eigenvalue weighted by atomic mass is 79.9. The van der Waals surface area contributed by atoms with Crippen molar-refractivity contribution in [1.29, 1.82) is 0 Å². The van der Waals surface area contributed by atoms with E-state index < -0.39 is 9.84 Å². The molecule has 2 atom stereocenters. The summed E-state index contributed by atoms with van der Waals surface area (Å²) >= 11 is 3.57. The Kier molecular flexibility index (Phi) is 4.90. The number of ether oxygens (including phenoxy) is 1. The third-order valence-corrected chi connectivity index (χ3v) is 7.27. The molecule has 106 valence electrons. The smallest absolute Gasteiger partial charge is 0.154 e. The third-order valence-electron chi connectivity index (χ3n) is 3.46. The fourth-order valence-corrected chi connectivity index (χ4v) is 5.95. The minimum atomic E-state index is -2.97. The summed E-state index contributed by atoms with van der Waals surface area (Å²) in [5.74, 6) is 1.13. The molecule has 19 heavy (non-hydrogen) atoms. The molecule has 0 aromatic heterocycles. The van der Waals surface area contributed by atoms with E-state index in [-0.39, 0.29) is 10.1 Å². The molecule has 0 N–H and O–H groups in total. The lowest BCUT2D eigenvalue weighted by atomic mass is 10.1. The Hall–Kier alpha value is -0.550. The van der Waals surface area contributed by atoms with E-state index in [4.69, 9.17) is 4.74 Å². The van der Waals surface area contributed by atoms with Crippen LogP contribution < -0.4 is 4.74 Å². The zero-order valence-corrected chi connectivity index (χ0v) is 13.4. The maximum atomic E-state index is 12.1. The molecule has 1 fully saturated rings. The predicted molar refractivity (Wildman–Crippen MR) is 80.7 cm³/mol. The van der Waals surface area contributed by atoms with Gasteiger partial charge in [-0.1, -0.05) is 34.5 Å².